The summed E-state index contributed by atoms with van der Waals surface area (Å²) < 4.78 is 68.5. The SMILES string of the molecule is CCCCCCCCCCCCCCCCCC(=O)OC[C@H](COP(=O)(O)OC[C@@H](O)COP(=O)(O)OC[C@@H](COC(=O)CCCCCCCCCCC)OC(=O)CCCCCCCCCCCCC(C)C)OC(=O)CCCCCCCCCCCCCCCCC(C)CC. The number of rotatable bonds is 75. The van der Waals surface area contributed by atoms with Crippen molar-refractivity contribution in [1.82, 2.24) is 0 Å². The Morgan fingerprint density at radius 3 is 0.800 bits per heavy atom. The molecule has 0 aromatic heterocycles. The molecule has 19 heteroatoms. The predicted molar refractivity (Wildman–Crippen MR) is 386 cm³/mol. The van der Waals surface area contributed by atoms with Crippen LogP contribution in [0.1, 0.15) is 395 Å². The first-order chi connectivity index (χ1) is 45.9. The van der Waals surface area contributed by atoms with Crippen LogP contribution < -0.4 is 0 Å². The Balaban J connectivity index is 5.23. The van der Waals surface area contributed by atoms with Crippen LogP contribution in [-0.2, 0) is 65.4 Å². The van der Waals surface area contributed by atoms with Gasteiger partial charge in [-0.2, -0.15) is 0 Å². The Kier molecular flexibility index (Phi) is 66.5. The third-order valence-electron chi connectivity index (χ3n) is 18.1. The normalized spacial score (nSPS) is 14.3. The van der Waals surface area contributed by atoms with E-state index in [1.807, 2.05) is 0 Å². The Labute approximate surface area is 581 Å². The van der Waals surface area contributed by atoms with Gasteiger partial charge in [-0.15, -0.1) is 0 Å². The van der Waals surface area contributed by atoms with E-state index in [9.17, 15) is 43.2 Å². The summed E-state index contributed by atoms with van der Waals surface area (Å²) in [5, 5.41) is 10.6. The van der Waals surface area contributed by atoms with Crippen LogP contribution in [-0.4, -0.2) is 96.7 Å². The summed E-state index contributed by atoms with van der Waals surface area (Å²) in [4.78, 5) is 72.8. The quantitative estimate of drug-likeness (QED) is 0.0222. The van der Waals surface area contributed by atoms with E-state index >= 15 is 0 Å². The molecule has 3 N–H and O–H groups in total. The number of ether oxygens (including phenoxy) is 4. The molecular formula is C76H148O17P2. The van der Waals surface area contributed by atoms with E-state index in [1.54, 1.807) is 0 Å². The molecular weight excluding hydrogens is 1250 g/mol. The first kappa shape index (κ1) is 93.1. The minimum Gasteiger partial charge on any atom is -0.462 e. The van der Waals surface area contributed by atoms with Crippen molar-refractivity contribution in [3.05, 3.63) is 0 Å². The van der Waals surface area contributed by atoms with Crippen molar-refractivity contribution < 1.29 is 80.2 Å². The van der Waals surface area contributed by atoms with Crippen molar-refractivity contribution in [2.24, 2.45) is 11.8 Å². The number of aliphatic hydroxyl groups excluding tert-OH is 1. The van der Waals surface area contributed by atoms with Crippen LogP contribution in [0.25, 0.3) is 0 Å². The third kappa shape index (κ3) is 69.0. The number of hydrogen-bond donors (Lipinski definition) is 3. The molecule has 17 nitrogen and oxygen atoms in total. The lowest BCUT2D eigenvalue weighted by atomic mass is 9.99. The highest BCUT2D eigenvalue weighted by Crippen LogP contribution is 2.45. The van der Waals surface area contributed by atoms with Gasteiger partial charge in [0.2, 0.25) is 0 Å². The van der Waals surface area contributed by atoms with Gasteiger partial charge in [-0.1, -0.05) is 343 Å². The average Bonchev–Trinajstić information content (AvgIpc) is 1.80. The first-order valence-corrected chi connectivity index (χ1v) is 42.5. The zero-order chi connectivity index (χ0) is 70.0. The summed E-state index contributed by atoms with van der Waals surface area (Å²) in [7, 11) is -9.91. The molecule has 0 aliphatic heterocycles. The fourth-order valence-corrected chi connectivity index (χ4v) is 13.2. The van der Waals surface area contributed by atoms with Gasteiger partial charge in [0.1, 0.15) is 19.3 Å². The van der Waals surface area contributed by atoms with Gasteiger partial charge < -0.3 is 33.8 Å². The molecule has 0 aliphatic rings. The molecule has 0 spiro atoms. The van der Waals surface area contributed by atoms with Gasteiger partial charge in [-0.25, -0.2) is 9.13 Å². The molecule has 0 fully saturated rings. The second-order valence-corrected chi connectivity index (χ2v) is 31.0. The van der Waals surface area contributed by atoms with Crippen molar-refractivity contribution in [1.29, 1.82) is 0 Å². The molecule has 0 bridgehead atoms. The average molecular weight is 1400 g/mol. The zero-order valence-corrected chi connectivity index (χ0v) is 63.8. The Morgan fingerprint density at radius 1 is 0.305 bits per heavy atom. The number of carbonyl (C=O) groups is 4. The second-order valence-electron chi connectivity index (χ2n) is 28.1. The monoisotopic (exact) mass is 1400 g/mol. The van der Waals surface area contributed by atoms with Gasteiger partial charge in [-0.05, 0) is 37.5 Å². The van der Waals surface area contributed by atoms with Crippen LogP contribution in [0, 0.1) is 11.8 Å². The van der Waals surface area contributed by atoms with Crippen molar-refractivity contribution in [2.75, 3.05) is 39.6 Å². The Hall–Kier alpha value is -1.94. The lowest BCUT2D eigenvalue weighted by molar-refractivity contribution is -0.161. The molecule has 0 aromatic carbocycles. The van der Waals surface area contributed by atoms with E-state index in [1.165, 1.54) is 212 Å². The molecule has 0 amide bonds. The summed E-state index contributed by atoms with van der Waals surface area (Å²) in [6, 6.07) is 0. The van der Waals surface area contributed by atoms with Gasteiger partial charge in [0.25, 0.3) is 0 Å². The third-order valence-corrected chi connectivity index (χ3v) is 20.0. The van der Waals surface area contributed by atoms with Crippen molar-refractivity contribution >= 4 is 39.5 Å². The lowest BCUT2D eigenvalue weighted by Crippen LogP contribution is -2.30. The number of carbonyl (C=O) groups excluding carboxylic acids is 4. The molecule has 95 heavy (non-hydrogen) atoms. The highest BCUT2D eigenvalue weighted by Gasteiger charge is 2.30. The largest absolute Gasteiger partial charge is 0.472 e. The number of aliphatic hydroxyl groups is 1. The molecule has 0 saturated carbocycles. The summed E-state index contributed by atoms with van der Waals surface area (Å²) in [5.41, 5.74) is 0. The van der Waals surface area contributed by atoms with Gasteiger partial charge in [-0.3, -0.25) is 37.3 Å². The zero-order valence-electron chi connectivity index (χ0n) is 62.0. The molecule has 0 heterocycles. The van der Waals surface area contributed by atoms with Crippen LogP contribution in [0.3, 0.4) is 0 Å². The highest BCUT2D eigenvalue weighted by atomic mass is 31.2. The first-order valence-electron chi connectivity index (χ1n) is 39.5. The second kappa shape index (κ2) is 67.9. The molecule has 6 atom stereocenters. The summed E-state index contributed by atoms with van der Waals surface area (Å²) in [5.74, 6) is -0.517. The van der Waals surface area contributed by atoms with E-state index < -0.39 is 97.5 Å². The minimum absolute atomic E-state index is 0.106. The Morgan fingerprint density at radius 2 is 0.537 bits per heavy atom. The summed E-state index contributed by atoms with van der Waals surface area (Å²) in [6.45, 7) is 9.63. The lowest BCUT2D eigenvalue weighted by Gasteiger charge is -2.21. The van der Waals surface area contributed by atoms with Gasteiger partial charge in [0, 0.05) is 25.7 Å². The van der Waals surface area contributed by atoms with Crippen LogP contribution in [0.5, 0.6) is 0 Å². The topological polar surface area (TPSA) is 237 Å². The number of hydrogen-bond acceptors (Lipinski definition) is 15. The molecule has 0 rings (SSSR count). The van der Waals surface area contributed by atoms with Gasteiger partial charge in [0.05, 0.1) is 26.4 Å². The molecule has 0 aromatic rings. The van der Waals surface area contributed by atoms with Gasteiger partial charge in [0.15, 0.2) is 12.2 Å². The van der Waals surface area contributed by atoms with Crippen LogP contribution in [0.15, 0.2) is 0 Å². The highest BCUT2D eigenvalue weighted by molar-refractivity contribution is 7.47. The molecule has 0 aliphatic carbocycles. The van der Waals surface area contributed by atoms with E-state index in [0.29, 0.717) is 25.7 Å². The number of phosphoric acid groups is 2. The number of phosphoric ester groups is 2. The summed E-state index contributed by atoms with van der Waals surface area (Å²) in [6.07, 6.45) is 55.4. The Bertz CT molecular complexity index is 1840. The maximum absolute atomic E-state index is 13.1. The molecule has 0 saturated heterocycles. The van der Waals surface area contributed by atoms with Crippen molar-refractivity contribution in [2.45, 2.75) is 413 Å². The minimum atomic E-state index is -4.96. The predicted octanol–water partition coefficient (Wildman–Crippen LogP) is 22.3. The van der Waals surface area contributed by atoms with Crippen molar-refractivity contribution in [3.8, 4) is 0 Å². The van der Waals surface area contributed by atoms with Crippen LogP contribution in [0.4, 0.5) is 0 Å². The fourth-order valence-electron chi connectivity index (χ4n) is 11.6. The van der Waals surface area contributed by atoms with Crippen LogP contribution in [0.2, 0.25) is 0 Å². The summed E-state index contributed by atoms with van der Waals surface area (Å²) >= 11 is 0. The standard InChI is InChI=1S/C76H148O17P2/c1-7-10-12-14-16-18-19-20-21-25-28-35-41-47-53-59-74(79)87-65-72(92-75(80)60-54-48-42-36-29-26-23-22-24-27-34-39-45-51-57-69(6)9-3)67-91-95(84,85)89-63-70(77)62-88-94(82,83)90-66-71(64-86-73(78)58-52-46-40-32-17-15-13-11-8-2)93-76(81)61-55-49-43-37-31-30-33-38-44-50-56-68(4)5/h68-72,77H,7-67H2,1-6H3,(H,82,83)(H,84,85)/t69?,70-,71+,72+/m0/s1. The smallest absolute Gasteiger partial charge is 0.462 e. The van der Waals surface area contributed by atoms with E-state index in [2.05, 4.69) is 41.5 Å². The maximum atomic E-state index is 13.1. The molecule has 0 radical (unpaired) electrons. The maximum Gasteiger partial charge on any atom is 0.472 e. The van der Waals surface area contributed by atoms with Gasteiger partial charge >= 0.3 is 39.5 Å². The number of unbranched alkanes of at least 4 members (excludes halogenated alkanes) is 44. The van der Waals surface area contributed by atoms with E-state index in [0.717, 1.165) is 102 Å². The number of esters is 4. The van der Waals surface area contributed by atoms with E-state index in [4.69, 9.17) is 37.0 Å². The molecule has 3 unspecified atom stereocenters. The van der Waals surface area contributed by atoms with Crippen molar-refractivity contribution in [3.63, 3.8) is 0 Å². The van der Waals surface area contributed by atoms with Crippen LogP contribution >= 0.6 is 15.6 Å². The fraction of sp³-hybridized carbons (Fsp3) is 0.947. The molecule has 564 valence electrons. The van der Waals surface area contributed by atoms with E-state index in [-0.39, 0.29) is 25.7 Å².